The Morgan fingerprint density at radius 1 is 0.963 bits per heavy atom. The van der Waals surface area contributed by atoms with Gasteiger partial charge in [0.15, 0.2) is 0 Å². The largest absolute Gasteiger partial charge is 0.456 e. The van der Waals surface area contributed by atoms with Gasteiger partial charge in [-0.15, -0.1) is 0 Å². The van der Waals surface area contributed by atoms with Gasteiger partial charge in [0.1, 0.15) is 17.3 Å². The Hall–Kier alpha value is -2.92. The number of nitrogens with two attached hydrogens (primary N) is 1. The van der Waals surface area contributed by atoms with Gasteiger partial charge in [-0.3, -0.25) is 4.98 Å². The molecule has 5 heteroatoms. The van der Waals surface area contributed by atoms with Crippen LogP contribution in [0.15, 0.2) is 60.9 Å². The number of likely N-dealkylation sites (tertiary alicyclic amines) is 1. The molecular weight excluding hydrogens is 336 g/mol. The lowest BCUT2D eigenvalue weighted by molar-refractivity contribution is 0.255. The number of pyridine rings is 2. The Balaban J connectivity index is 1.49. The highest BCUT2D eigenvalue weighted by atomic mass is 16.5. The number of hydrogen-bond acceptors (Lipinski definition) is 5. The van der Waals surface area contributed by atoms with E-state index < -0.39 is 0 Å². The van der Waals surface area contributed by atoms with Crippen molar-refractivity contribution in [3.8, 4) is 22.8 Å². The predicted octanol–water partition coefficient (Wildman–Crippen LogP) is 4.33. The second kappa shape index (κ2) is 7.76. The minimum absolute atomic E-state index is 0.475. The minimum Gasteiger partial charge on any atom is -0.456 e. The summed E-state index contributed by atoms with van der Waals surface area (Å²) in [6.07, 6.45) is 5.84. The van der Waals surface area contributed by atoms with E-state index in [1.54, 1.807) is 24.5 Å². The molecule has 1 aromatic carbocycles. The molecule has 0 bridgehead atoms. The van der Waals surface area contributed by atoms with E-state index in [4.69, 9.17) is 10.5 Å². The third-order valence-electron chi connectivity index (χ3n) is 5.12. The van der Waals surface area contributed by atoms with E-state index in [1.165, 1.54) is 31.5 Å². The minimum atomic E-state index is 0.475. The van der Waals surface area contributed by atoms with Gasteiger partial charge in [-0.1, -0.05) is 24.3 Å². The molecule has 1 aliphatic heterocycles. The van der Waals surface area contributed by atoms with Crippen molar-refractivity contribution in [3.63, 3.8) is 0 Å². The average molecular weight is 360 g/mol. The first-order valence-electron chi connectivity index (χ1n) is 9.32. The van der Waals surface area contributed by atoms with Gasteiger partial charge in [-0.05, 0) is 62.7 Å². The molecule has 0 aliphatic carbocycles. The predicted molar refractivity (Wildman–Crippen MR) is 108 cm³/mol. The van der Waals surface area contributed by atoms with Crippen molar-refractivity contribution in [2.75, 3.05) is 25.9 Å². The number of aromatic nitrogens is 2. The van der Waals surface area contributed by atoms with Crippen LogP contribution in [0.2, 0.25) is 0 Å². The highest BCUT2D eigenvalue weighted by Gasteiger charge is 2.18. The average Bonchev–Trinajstić information content (AvgIpc) is 2.71. The monoisotopic (exact) mass is 360 g/mol. The zero-order valence-corrected chi connectivity index (χ0v) is 15.5. The van der Waals surface area contributed by atoms with Crippen molar-refractivity contribution >= 4 is 5.82 Å². The van der Waals surface area contributed by atoms with Gasteiger partial charge >= 0.3 is 0 Å². The first-order valence-corrected chi connectivity index (χ1v) is 9.32. The third kappa shape index (κ3) is 4.26. The second-order valence-electron chi connectivity index (χ2n) is 7.10. The van der Waals surface area contributed by atoms with Crippen LogP contribution in [0.5, 0.6) is 11.5 Å². The Morgan fingerprint density at radius 3 is 2.44 bits per heavy atom. The van der Waals surface area contributed by atoms with E-state index in [9.17, 15) is 0 Å². The van der Waals surface area contributed by atoms with Crippen LogP contribution in [0, 0.1) is 0 Å². The fourth-order valence-corrected chi connectivity index (χ4v) is 3.49. The summed E-state index contributed by atoms with van der Waals surface area (Å²) in [5.74, 6) is 2.52. The molecule has 3 aromatic rings. The molecule has 27 heavy (non-hydrogen) atoms. The standard InChI is InChI=1S/C22H24N4O/c1-26-12-9-17(10-13-26)16-2-4-18(5-3-16)21-14-19(8-11-24-21)27-20-6-7-22(23)25-15-20/h2-8,11,14-15,17H,9-10,12-13H2,1H3,(H2,23,25). The first kappa shape index (κ1) is 17.5. The van der Waals surface area contributed by atoms with Crippen LogP contribution < -0.4 is 10.5 Å². The summed E-state index contributed by atoms with van der Waals surface area (Å²) < 4.78 is 5.86. The molecule has 1 fully saturated rings. The molecule has 1 aliphatic rings. The molecule has 5 nitrogen and oxygen atoms in total. The fourth-order valence-electron chi connectivity index (χ4n) is 3.49. The van der Waals surface area contributed by atoms with Gasteiger partial charge < -0.3 is 15.4 Å². The lowest BCUT2D eigenvalue weighted by Gasteiger charge is -2.29. The smallest absolute Gasteiger partial charge is 0.145 e. The highest BCUT2D eigenvalue weighted by Crippen LogP contribution is 2.30. The lowest BCUT2D eigenvalue weighted by Crippen LogP contribution is -2.29. The summed E-state index contributed by atoms with van der Waals surface area (Å²) in [6, 6.07) is 16.1. The van der Waals surface area contributed by atoms with E-state index in [2.05, 4.69) is 46.2 Å². The molecule has 2 aromatic heterocycles. The molecule has 138 valence electrons. The van der Waals surface area contributed by atoms with Crippen LogP contribution in [0.3, 0.4) is 0 Å². The number of hydrogen-bond donors (Lipinski definition) is 1. The number of piperidine rings is 1. The normalized spacial score (nSPS) is 15.6. The molecule has 3 heterocycles. The van der Waals surface area contributed by atoms with Crippen LogP contribution in [0.4, 0.5) is 5.82 Å². The maximum Gasteiger partial charge on any atom is 0.145 e. The molecule has 1 saturated heterocycles. The van der Waals surface area contributed by atoms with Crippen LogP contribution in [-0.4, -0.2) is 35.0 Å². The van der Waals surface area contributed by atoms with E-state index >= 15 is 0 Å². The van der Waals surface area contributed by atoms with Gasteiger partial charge in [0.2, 0.25) is 0 Å². The van der Waals surface area contributed by atoms with Gasteiger partial charge in [0, 0.05) is 17.8 Å². The van der Waals surface area contributed by atoms with Gasteiger partial charge in [-0.2, -0.15) is 0 Å². The third-order valence-corrected chi connectivity index (χ3v) is 5.12. The summed E-state index contributed by atoms with van der Waals surface area (Å²) in [7, 11) is 2.19. The Morgan fingerprint density at radius 2 is 1.74 bits per heavy atom. The van der Waals surface area contributed by atoms with Gasteiger partial charge in [0.05, 0.1) is 11.9 Å². The van der Waals surface area contributed by atoms with E-state index in [1.807, 2.05) is 12.1 Å². The lowest BCUT2D eigenvalue weighted by atomic mass is 9.89. The highest BCUT2D eigenvalue weighted by molar-refractivity contribution is 5.61. The SMILES string of the molecule is CN1CCC(c2ccc(-c3cc(Oc4ccc(N)nc4)ccn3)cc2)CC1. The Labute approximate surface area is 159 Å². The molecule has 4 rings (SSSR count). The molecule has 0 saturated carbocycles. The number of ether oxygens (including phenoxy) is 1. The van der Waals surface area contributed by atoms with Crippen LogP contribution in [0.25, 0.3) is 11.3 Å². The number of nitrogens with zero attached hydrogens (tertiary/aromatic N) is 3. The molecule has 0 atom stereocenters. The van der Waals surface area contributed by atoms with Crippen molar-refractivity contribution in [3.05, 3.63) is 66.5 Å². The zero-order chi connectivity index (χ0) is 18.6. The van der Waals surface area contributed by atoms with E-state index in [0.29, 0.717) is 17.5 Å². The van der Waals surface area contributed by atoms with Crippen molar-refractivity contribution < 1.29 is 4.74 Å². The maximum absolute atomic E-state index is 5.86. The number of nitrogen functional groups attached to an aromatic ring is 1. The van der Waals surface area contributed by atoms with Gasteiger partial charge in [-0.25, -0.2) is 4.98 Å². The van der Waals surface area contributed by atoms with Crippen molar-refractivity contribution in [1.29, 1.82) is 0 Å². The number of anilines is 1. The summed E-state index contributed by atoms with van der Waals surface area (Å²) in [6.45, 7) is 2.35. The number of rotatable bonds is 4. The fraction of sp³-hybridized carbons (Fsp3) is 0.273. The topological polar surface area (TPSA) is 64.3 Å². The van der Waals surface area contributed by atoms with Crippen LogP contribution >= 0.6 is 0 Å². The molecule has 0 unspecified atom stereocenters. The molecule has 0 spiro atoms. The Kier molecular flexibility index (Phi) is 5.03. The molecule has 0 radical (unpaired) electrons. The summed E-state index contributed by atoms with van der Waals surface area (Å²) >= 11 is 0. The summed E-state index contributed by atoms with van der Waals surface area (Å²) in [5.41, 5.74) is 9.02. The van der Waals surface area contributed by atoms with Crippen molar-refractivity contribution in [1.82, 2.24) is 14.9 Å². The van der Waals surface area contributed by atoms with Gasteiger partial charge in [0.25, 0.3) is 0 Å². The van der Waals surface area contributed by atoms with Crippen LogP contribution in [-0.2, 0) is 0 Å². The molecular formula is C22H24N4O. The summed E-state index contributed by atoms with van der Waals surface area (Å²) in [4.78, 5) is 10.9. The maximum atomic E-state index is 5.86. The van der Waals surface area contributed by atoms with Crippen molar-refractivity contribution in [2.24, 2.45) is 0 Å². The summed E-state index contributed by atoms with van der Waals surface area (Å²) in [5, 5.41) is 0. The Bertz CT molecular complexity index is 885. The second-order valence-corrected chi connectivity index (χ2v) is 7.10. The quantitative estimate of drug-likeness (QED) is 0.750. The zero-order valence-electron chi connectivity index (χ0n) is 15.5. The van der Waals surface area contributed by atoms with Crippen molar-refractivity contribution in [2.45, 2.75) is 18.8 Å². The number of benzene rings is 1. The van der Waals surface area contributed by atoms with Crippen LogP contribution in [0.1, 0.15) is 24.3 Å². The first-order chi connectivity index (χ1) is 13.2. The van der Waals surface area contributed by atoms with E-state index in [0.717, 1.165) is 17.0 Å². The molecule has 0 amide bonds. The van der Waals surface area contributed by atoms with E-state index in [-0.39, 0.29) is 0 Å². The molecule has 2 N–H and O–H groups in total.